The first-order valence-corrected chi connectivity index (χ1v) is 8.53. The number of aromatic nitrogens is 4. The summed E-state index contributed by atoms with van der Waals surface area (Å²) in [5, 5.41) is 4.64. The second-order valence-corrected chi connectivity index (χ2v) is 6.47. The van der Waals surface area contributed by atoms with Crippen LogP contribution in [0.25, 0.3) is 5.69 Å². The molecule has 1 aliphatic heterocycles. The number of rotatable bonds is 3. The Morgan fingerprint density at radius 1 is 1.24 bits per heavy atom. The van der Waals surface area contributed by atoms with Crippen LogP contribution < -0.4 is 0 Å². The fraction of sp³-hybridized carbons (Fsp3) is 0.316. The molecule has 0 atom stereocenters. The van der Waals surface area contributed by atoms with Crippen LogP contribution in [0.3, 0.4) is 0 Å². The Hall–Kier alpha value is -2.89. The van der Waals surface area contributed by atoms with Crippen molar-refractivity contribution in [3.05, 3.63) is 65.0 Å². The van der Waals surface area contributed by atoms with E-state index >= 15 is 0 Å². The Kier molecular flexibility index (Phi) is 3.87. The maximum atomic E-state index is 12.8. The van der Waals surface area contributed by atoms with Crippen LogP contribution >= 0.6 is 0 Å². The summed E-state index contributed by atoms with van der Waals surface area (Å²) in [4.78, 5) is 22.1. The van der Waals surface area contributed by atoms with Gasteiger partial charge in [0.05, 0.1) is 42.1 Å². The van der Waals surface area contributed by atoms with E-state index in [4.69, 9.17) is 0 Å². The second kappa shape index (κ2) is 6.20. The molecule has 2 aromatic heterocycles. The number of aryl methyl sites for hydroxylation is 1. The minimum Gasteiger partial charge on any atom is -0.347 e. The number of nitrogens with zero attached hydrogens (tertiary/aromatic N) is 4. The molecule has 3 aromatic rings. The van der Waals surface area contributed by atoms with Gasteiger partial charge in [-0.15, -0.1) is 0 Å². The fourth-order valence-corrected chi connectivity index (χ4v) is 3.44. The zero-order chi connectivity index (χ0) is 17.4. The van der Waals surface area contributed by atoms with E-state index in [1.54, 1.807) is 6.33 Å². The quantitative estimate of drug-likeness (QED) is 0.799. The first kappa shape index (κ1) is 15.6. The molecule has 0 saturated carbocycles. The summed E-state index contributed by atoms with van der Waals surface area (Å²) in [6.45, 7) is 5.33. The summed E-state index contributed by atoms with van der Waals surface area (Å²) in [7, 11) is 0. The van der Waals surface area contributed by atoms with Crippen LogP contribution in [0, 0.1) is 13.8 Å². The van der Waals surface area contributed by atoms with Crippen molar-refractivity contribution in [2.24, 2.45) is 0 Å². The minimum absolute atomic E-state index is 0.138. The molecule has 25 heavy (non-hydrogen) atoms. The third kappa shape index (κ3) is 2.84. The van der Waals surface area contributed by atoms with E-state index < -0.39 is 0 Å². The van der Waals surface area contributed by atoms with Gasteiger partial charge in [-0.2, -0.15) is 5.10 Å². The van der Waals surface area contributed by atoms with E-state index in [0.29, 0.717) is 13.0 Å². The predicted molar refractivity (Wildman–Crippen MR) is 94.5 cm³/mol. The Morgan fingerprint density at radius 3 is 2.84 bits per heavy atom. The van der Waals surface area contributed by atoms with Gasteiger partial charge in [0, 0.05) is 24.2 Å². The number of amides is 1. The van der Waals surface area contributed by atoms with Crippen molar-refractivity contribution in [2.75, 3.05) is 6.54 Å². The molecule has 1 N–H and O–H groups in total. The number of carbonyl (C=O) groups excluding carboxylic acids is 1. The highest BCUT2D eigenvalue weighted by Crippen LogP contribution is 2.21. The van der Waals surface area contributed by atoms with E-state index in [1.165, 1.54) is 0 Å². The number of nitrogens with one attached hydrogen (secondary N) is 1. The zero-order valence-electron chi connectivity index (χ0n) is 14.5. The Labute approximate surface area is 146 Å². The van der Waals surface area contributed by atoms with Crippen molar-refractivity contribution in [2.45, 2.75) is 33.2 Å². The van der Waals surface area contributed by atoms with Crippen molar-refractivity contribution < 1.29 is 4.79 Å². The SMILES string of the molecule is Cc1nn(-c2ccccc2)c(C)c1CC(=O)N1CCc2nc[nH]c2C1. The highest BCUT2D eigenvalue weighted by molar-refractivity contribution is 5.79. The molecular formula is C19H21N5O. The molecule has 3 heterocycles. The van der Waals surface area contributed by atoms with Gasteiger partial charge in [0.2, 0.25) is 5.91 Å². The molecule has 0 radical (unpaired) electrons. The summed E-state index contributed by atoms with van der Waals surface area (Å²) >= 11 is 0. The average molecular weight is 335 g/mol. The van der Waals surface area contributed by atoms with Gasteiger partial charge in [0.15, 0.2) is 0 Å². The summed E-state index contributed by atoms with van der Waals surface area (Å²) in [5.41, 5.74) is 6.10. The van der Waals surface area contributed by atoms with Gasteiger partial charge >= 0.3 is 0 Å². The number of hydrogen-bond donors (Lipinski definition) is 1. The van der Waals surface area contributed by atoms with Crippen molar-refractivity contribution in [3.63, 3.8) is 0 Å². The van der Waals surface area contributed by atoms with Gasteiger partial charge in [-0.1, -0.05) is 18.2 Å². The predicted octanol–water partition coefficient (Wildman–Crippen LogP) is 2.34. The van der Waals surface area contributed by atoms with Gasteiger partial charge in [0.1, 0.15) is 0 Å². The van der Waals surface area contributed by atoms with E-state index in [-0.39, 0.29) is 5.91 Å². The molecule has 0 saturated heterocycles. The maximum Gasteiger partial charge on any atom is 0.227 e. The van der Waals surface area contributed by atoms with Crippen LogP contribution in [0.4, 0.5) is 0 Å². The lowest BCUT2D eigenvalue weighted by Crippen LogP contribution is -2.37. The number of hydrogen-bond acceptors (Lipinski definition) is 3. The number of benzene rings is 1. The minimum atomic E-state index is 0.138. The zero-order valence-corrected chi connectivity index (χ0v) is 14.5. The molecule has 1 amide bonds. The van der Waals surface area contributed by atoms with Crippen LogP contribution in [0.5, 0.6) is 0 Å². The van der Waals surface area contributed by atoms with Gasteiger partial charge in [-0.3, -0.25) is 4.79 Å². The molecule has 0 spiro atoms. The molecule has 0 bridgehead atoms. The summed E-state index contributed by atoms with van der Waals surface area (Å²) < 4.78 is 1.92. The highest BCUT2D eigenvalue weighted by Gasteiger charge is 2.24. The second-order valence-electron chi connectivity index (χ2n) is 6.47. The van der Waals surface area contributed by atoms with Gasteiger partial charge in [0.25, 0.3) is 0 Å². The van der Waals surface area contributed by atoms with Crippen molar-refractivity contribution >= 4 is 5.91 Å². The number of carbonyl (C=O) groups is 1. The Bertz CT molecular complexity index is 909. The van der Waals surface area contributed by atoms with Crippen LogP contribution in [-0.2, 0) is 24.2 Å². The normalized spacial score (nSPS) is 13.8. The lowest BCUT2D eigenvalue weighted by Gasteiger charge is -2.26. The summed E-state index contributed by atoms with van der Waals surface area (Å²) in [6, 6.07) is 10.0. The van der Waals surface area contributed by atoms with E-state index in [0.717, 1.165) is 47.0 Å². The molecule has 4 rings (SSSR count). The topological polar surface area (TPSA) is 66.8 Å². The molecule has 0 aliphatic carbocycles. The first-order chi connectivity index (χ1) is 12.1. The van der Waals surface area contributed by atoms with Gasteiger partial charge in [-0.05, 0) is 26.0 Å². The fourth-order valence-electron chi connectivity index (χ4n) is 3.44. The monoisotopic (exact) mass is 335 g/mol. The van der Waals surface area contributed by atoms with Crippen LogP contribution in [0.15, 0.2) is 36.7 Å². The third-order valence-electron chi connectivity index (χ3n) is 4.90. The molecule has 1 aliphatic rings. The van der Waals surface area contributed by atoms with E-state index in [2.05, 4.69) is 15.1 Å². The Morgan fingerprint density at radius 2 is 2.04 bits per heavy atom. The van der Waals surface area contributed by atoms with Crippen molar-refractivity contribution in [1.29, 1.82) is 0 Å². The molecule has 1 aromatic carbocycles. The molecule has 128 valence electrons. The van der Waals surface area contributed by atoms with Crippen molar-refractivity contribution in [1.82, 2.24) is 24.6 Å². The maximum absolute atomic E-state index is 12.8. The molecule has 0 unspecified atom stereocenters. The van der Waals surface area contributed by atoms with Gasteiger partial charge in [-0.25, -0.2) is 9.67 Å². The smallest absolute Gasteiger partial charge is 0.227 e. The largest absolute Gasteiger partial charge is 0.347 e. The van der Waals surface area contributed by atoms with E-state index in [1.807, 2.05) is 53.8 Å². The van der Waals surface area contributed by atoms with Gasteiger partial charge < -0.3 is 9.88 Å². The highest BCUT2D eigenvalue weighted by atomic mass is 16.2. The molecule has 0 fully saturated rings. The number of aromatic amines is 1. The lowest BCUT2D eigenvalue weighted by atomic mass is 10.1. The number of H-pyrrole nitrogens is 1. The number of imidazole rings is 1. The number of para-hydroxylation sites is 1. The summed E-state index contributed by atoms with van der Waals surface area (Å²) in [5.74, 6) is 0.138. The Balaban J connectivity index is 1.55. The van der Waals surface area contributed by atoms with Crippen LogP contribution in [0.1, 0.15) is 28.3 Å². The third-order valence-corrected chi connectivity index (χ3v) is 4.90. The molecular weight excluding hydrogens is 314 g/mol. The average Bonchev–Trinajstić information content (AvgIpc) is 3.21. The number of fused-ring (bicyclic) bond motifs is 1. The molecule has 6 nitrogen and oxygen atoms in total. The standard InChI is InChI=1S/C19H21N5O/c1-13-16(14(2)24(22-13)15-6-4-3-5-7-15)10-19(25)23-9-8-17-18(11-23)21-12-20-17/h3-7,12H,8-11H2,1-2H3,(H,20,21). The lowest BCUT2D eigenvalue weighted by molar-refractivity contribution is -0.131. The molecule has 6 heteroatoms. The van der Waals surface area contributed by atoms with E-state index in [9.17, 15) is 4.79 Å². The summed E-state index contributed by atoms with van der Waals surface area (Å²) in [6.07, 6.45) is 2.90. The van der Waals surface area contributed by atoms with Crippen molar-refractivity contribution in [3.8, 4) is 5.69 Å². The first-order valence-electron chi connectivity index (χ1n) is 8.53. The van der Waals surface area contributed by atoms with Crippen LogP contribution in [-0.4, -0.2) is 37.1 Å². The van der Waals surface area contributed by atoms with Crippen LogP contribution in [0.2, 0.25) is 0 Å².